The van der Waals surface area contributed by atoms with Crippen LogP contribution >= 0.6 is 22.6 Å². The van der Waals surface area contributed by atoms with Crippen molar-refractivity contribution in [2.75, 3.05) is 0 Å². The van der Waals surface area contributed by atoms with Crippen LogP contribution in [0, 0.1) is 10.5 Å². The molecule has 0 amide bonds. The quantitative estimate of drug-likeness (QED) is 0.378. The lowest BCUT2D eigenvalue weighted by Crippen LogP contribution is -2.10. The Morgan fingerprint density at radius 1 is 1.37 bits per heavy atom. The van der Waals surface area contributed by atoms with Gasteiger partial charge in [0.05, 0.1) is 22.2 Å². The maximum absolute atomic E-state index is 12.2. The van der Waals surface area contributed by atoms with Gasteiger partial charge in [0, 0.05) is 8.96 Å². The van der Waals surface area contributed by atoms with Crippen molar-refractivity contribution in [3.63, 3.8) is 0 Å². The van der Waals surface area contributed by atoms with E-state index in [1.54, 1.807) is 6.92 Å². The van der Waals surface area contributed by atoms with Crippen LogP contribution in [0.25, 0.3) is 21.9 Å². The molecular weight excluding hydrogens is 357 g/mol. The number of halogens is 1. The van der Waals surface area contributed by atoms with Crippen LogP contribution in [0.1, 0.15) is 16.1 Å². The van der Waals surface area contributed by atoms with E-state index in [0.29, 0.717) is 22.9 Å². The van der Waals surface area contributed by atoms with Gasteiger partial charge in [-0.1, -0.05) is 0 Å². The highest BCUT2D eigenvalue weighted by Crippen LogP contribution is 2.25. The van der Waals surface area contributed by atoms with E-state index >= 15 is 0 Å². The van der Waals surface area contributed by atoms with Crippen molar-refractivity contribution in [1.29, 1.82) is 0 Å². The fourth-order valence-electron chi connectivity index (χ4n) is 2.11. The summed E-state index contributed by atoms with van der Waals surface area (Å²) in [5, 5.41) is 1.15. The first-order valence-electron chi connectivity index (χ1n) is 5.58. The molecule has 0 unspecified atom stereocenters. The summed E-state index contributed by atoms with van der Waals surface area (Å²) in [7, 11) is 0. The molecule has 0 aliphatic carbocycles. The van der Waals surface area contributed by atoms with Crippen molar-refractivity contribution in [2.24, 2.45) is 0 Å². The average molecular weight is 365 g/mol. The summed E-state index contributed by atoms with van der Waals surface area (Å²) in [6.45, 7) is 1.74. The number of carbonyl (C=O) groups excluding carboxylic acids is 1. The van der Waals surface area contributed by atoms with E-state index in [4.69, 9.17) is 4.42 Å². The lowest BCUT2D eigenvalue weighted by molar-refractivity contribution is 0.112. The fourth-order valence-corrected chi connectivity index (χ4v) is 2.61. The lowest BCUT2D eigenvalue weighted by atomic mass is 10.1. The largest absolute Gasteiger partial charge is 0.463 e. The summed E-state index contributed by atoms with van der Waals surface area (Å²) in [5.41, 5.74) is 1.51. The molecule has 3 aromatic rings. The first-order valence-corrected chi connectivity index (χ1v) is 6.66. The standard InChI is InChI=1S/C14H8INO3/c1-7-12-13(18)8(5-17)6-19-14(12)10-4-9(15)2-3-11(10)16-7/h2-6H,1H3. The van der Waals surface area contributed by atoms with Crippen LogP contribution in [-0.2, 0) is 0 Å². The zero-order valence-corrected chi connectivity index (χ0v) is 12.1. The van der Waals surface area contributed by atoms with Crippen LogP contribution in [0.5, 0.6) is 0 Å². The van der Waals surface area contributed by atoms with Crippen molar-refractivity contribution < 1.29 is 9.21 Å². The molecule has 0 aliphatic heterocycles. The second-order valence-electron chi connectivity index (χ2n) is 4.20. The molecule has 0 spiro atoms. The molecule has 5 heteroatoms. The second kappa shape index (κ2) is 4.41. The minimum Gasteiger partial charge on any atom is -0.463 e. The van der Waals surface area contributed by atoms with E-state index in [-0.39, 0.29) is 11.0 Å². The van der Waals surface area contributed by atoms with Crippen LogP contribution in [0.2, 0.25) is 0 Å². The highest BCUT2D eigenvalue weighted by atomic mass is 127. The zero-order valence-electron chi connectivity index (χ0n) is 9.94. The third-order valence-electron chi connectivity index (χ3n) is 3.00. The number of fused-ring (bicyclic) bond motifs is 3. The summed E-state index contributed by atoms with van der Waals surface area (Å²) in [5.74, 6) is 0. The average Bonchev–Trinajstić information content (AvgIpc) is 2.40. The first kappa shape index (κ1) is 12.3. The van der Waals surface area contributed by atoms with Gasteiger partial charge in [-0.15, -0.1) is 0 Å². The SMILES string of the molecule is Cc1nc2ccc(I)cc2c2occ(C=O)c(=O)c12. The molecule has 4 nitrogen and oxygen atoms in total. The molecular formula is C14H8INO3. The number of hydrogen-bond donors (Lipinski definition) is 0. The number of aldehydes is 1. The van der Waals surface area contributed by atoms with Crippen molar-refractivity contribution in [3.8, 4) is 0 Å². The number of hydrogen-bond acceptors (Lipinski definition) is 4. The second-order valence-corrected chi connectivity index (χ2v) is 5.45. The number of benzene rings is 1. The summed E-state index contributed by atoms with van der Waals surface area (Å²) in [6, 6.07) is 5.74. The number of aromatic nitrogens is 1. The normalized spacial score (nSPS) is 11.1. The summed E-state index contributed by atoms with van der Waals surface area (Å²) in [6.07, 6.45) is 1.71. The van der Waals surface area contributed by atoms with E-state index in [0.717, 1.165) is 14.5 Å². The van der Waals surface area contributed by atoms with Gasteiger partial charge in [-0.3, -0.25) is 14.6 Å². The Bertz CT molecular complexity index is 883. The van der Waals surface area contributed by atoms with E-state index < -0.39 is 0 Å². The smallest absolute Gasteiger partial charge is 0.205 e. The summed E-state index contributed by atoms with van der Waals surface area (Å²) < 4.78 is 6.52. The van der Waals surface area contributed by atoms with E-state index in [1.807, 2.05) is 18.2 Å². The Hall–Kier alpha value is -1.76. The molecule has 2 aromatic heterocycles. The van der Waals surface area contributed by atoms with Gasteiger partial charge < -0.3 is 4.42 Å². The number of rotatable bonds is 1. The number of nitrogens with zero attached hydrogens (tertiary/aromatic N) is 1. The summed E-state index contributed by atoms with van der Waals surface area (Å²) >= 11 is 2.19. The van der Waals surface area contributed by atoms with Crippen molar-refractivity contribution in [3.05, 3.63) is 49.5 Å². The zero-order chi connectivity index (χ0) is 13.6. The van der Waals surface area contributed by atoms with Crippen LogP contribution in [0.15, 0.2) is 33.7 Å². The maximum Gasteiger partial charge on any atom is 0.205 e. The number of carbonyl (C=O) groups is 1. The van der Waals surface area contributed by atoms with Gasteiger partial charge >= 0.3 is 0 Å². The van der Waals surface area contributed by atoms with Gasteiger partial charge in [0.15, 0.2) is 6.29 Å². The van der Waals surface area contributed by atoms with Gasteiger partial charge in [-0.25, -0.2) is 0 Å². The lowest BCUT2D eigenvalue weighted by Gasteiger charge is -2.05. The van der Waals surface area contributed by atoms with E-state index in [2.05, 4.69) is 27.6 Å². The first-order chi connectivity index (χ1) is 9.11. The van der Waals surface area contributed by atoms with Gasteiger partial charge in [0.2, 0.25) is 5.43 Å². The molecule has 1 aromatic carbocycles. The van der Waals surface area contributed by atoms with Crippen LogP contribution in [0.4, 0.5) is 0 Å². The minimum atomic E-state index is -0.331. The Kier molecular flexibility index (Phi) is 2.85. The van der Waals surface area contributed by atoms with Crippen LogP contribution < -0.4 is 5.43 Å². The topological polar surface area (TPSA) is 60.2 Å². The minimum absolute atomic E-state index is 0.0161. The van der Waals surface area contributed by atoms with Gasteiger partial charge in [-0.2, -0.15) is 0 Å². The monoisotopic (exact) mass is 365 g/mol. The highest BCUT2D eigenvalue weighted by Gasteiger charge is 2.13. The molecule has 3 rings (SSSR count). The Morgan fingerprint density at radius 3 is 2.89 bits per heavy atom. The van der Waals surface area contributed by atoms with Crippen LogP contribution in [-0.4, -0.2) is 11.3 Å². The Morgan fingerprint density at radius 2 is 2.16 bits per heavy atom. The third kappa shape index (κ3) is 1.85. The third-order valence-corrected chi connectivity index (χ3v) is 3.67. The predicted octanol–water partition coefficient (Wildman–Crippen LogP) is 3.07. The molecule has 0 bridgehead atoms. The molecule has 0 saturated carbocycles. The van der Waals surface area contributed by atoms with Gasteiger partial charge in [0.25, 0.3) is 0 Å². The molecule has 0 saturated heterocycles. The molecule has 0 radical (unpaired) electrons. The Labute approximate surface area is 121 Å². The highest BCUT2D eigenvalue weighted by molar-refractivity contribution is 14.1. The maximum atomic E-state index is 12.2. The Balaban J connectivity index is 2.62. The fraction of sp³-hybridized carbons (Fsp3) is 0.0714. The molecule has 0 N–H and O–H groups in total. The van der Waals surface area contributed by atoms with Gasteiger partial charge in [0.1, 0.15) is 11.8 Å². The van der Waals surface area contributed by atoms with E-state index in [9.17, 15) is 9.59 Å². The van der Waals surface area contributed by atoms with Crippen molar-refractivity contribution in [2.45, 2.75) is 6.92 Å². The molecule has 19 heavy (non-hydrogen) atoms. The van der Waals surface area contributed by atoms with Crippen LogP contribution in [0.3, 0.4) is 0 Å². The molecule has 0 aliphatic rings. The molecule has 0 fully saturated rings. The molecule has 2 heterocycles. The van der Waals surface area contributed by atoms with Crippen molar-refractivity contribution >= 4 is 50.7 Å². The summed E-state index contributed by atoms with van der Waals surface area (Å²) in [4.78, 5) is 27.4. The molecule has 0 atom stereocenters. The van der Waals surface area contributed by atoms with Crippen molar-refractivity contribution in [1.82, 2.24) is 4.98 Å². The molecule has 94 valence electrons. The predicted molar refractivity (Wildman–Crippen MR) is 80.6 cm³/mol. The van der Waals surface area contributed by atoms with Gasteiger partial charge in [-0.05, 0) is 47.7 Å². The number of aryl methyl sites for hydroxylation is 1. The van der Waals surface area contributed by atoms with E-state index in [1.165, 1.54) is 6.26 Å². The number of pyridine rings is 1.